The van der Waals surface area contributed by atoms with E-state index in [2.05, 4.69) is 40.7 Å². The molecule has 0 atom stereocenters. The topological polar surface area (TPSA) is 58.3 Å². The van der Waals surface area contributed by atoms with Crippen molar-refractivity contribution in [3.63, 3.8) is 0 Å². The Kier molecular flexibility index (Phi) is 3.01. The van der Waals surface area contributed by atoms with Gasteiger partial charge in [-0.1, -0.05) is 0 Å². The molecule has 2 aromatic rings. The number of anilines is 2. The fourth-order valence-corrected chi connectivity index (χ4v) is 2.73. The van der Waals surface area contributed by atoms with E-state index in [9.17, 15) is 0 Å². The fraction of sp³-hybridized carbons (Fsp3) is 0.467. The van der Waals surface area contributed by atoms with Crippen molar-refractivity contribution in [1.29, 1.82) is 0 Å². The van der Waals surface area contributed by atoms with Gasteiger partial charge in [0.25, 0.3) is 0 Å². The molecule has 5 nitrogen and oxygen atoms in total. The van der Waals surface area contributed by atoms with E-state index in [1.807, 2.05) is 18.2 Å². The lowest BCUT2D eigenvalue weighted by Gasteiger charge is -2.45. The van der Waals surface area contributed by atoms with Gasteiger partial charge < -0.3 is 10.6 Å². The van der Waals surface area contributed by atoms with Crippen LogP contribution >= 0.6 is 0 Å². The third kappa shape index (κ3) is 2.18. The van der Waals surface area contributed by atoms with Gasteiger partial charge in [-0.25, -0.2) is 9.97 Å². The van der Waals surface area contributed by atoms with Gasteiger partial charge in [0.2, 0.25) is 0 Å². The third-order valence-electron chi connectivity index (χ3n) is 4.25. The maximum atomic E-state index is 5.92. The molecule has 1 aliphatic rings. The van der Waals surface area contributed by atoms with Crippen molar-refractivity contribution in [2.45, 2.75) is 19.4 Å². The summed E-state index contributed by atoms with van der Waals surface area (Å²) in [6.45, 7) is 7.47. The summed E-state index contributed by atoms with van der Waals surface area (Å²) in [5, 5.41) is 1.04. The molecule has 0 spiro atoms. The van der Waals surface area contributed by atoms with E-state index in [0.717, 1.165) is 42.0 Å². The van der Waals surface area contributed by atoms with Crippen LogP contribution in [-0.4, -0.2) is 47.1 Å². The lowest BCUT2D eigenvalue weighted by atomic mass is 9.99. The summed E-state index contributed by atoms with van der Waals surface area (Å²) in [6.07, 6.45) is 1.64. The maximum absolute atomic E-state index is 5.92. The van der Waals surface area contributed by atoms with Crippen molar-refractivity contribution < 1.29 is 0 Å². The number of hydrogen-bond donors (Lipinski definition) is 1. The summed E-state index contributed by atoms with van der Waals surface area (Å²) in [4.78, 5) is 13.6. The molecule has 1 aromatic carbocycles. The van der Waals surface area contributed by atoms with Crippen LogP contribution in [0.25, 0.3) is 10.9 Å². The van der Waals surface area contributed by atoms with Crippen LogP contribution in [-0.2, 0) is 0 Å². The first kappa shape index (κ1) is 13.1. The number of likely N-dealkylation sites (N-methyl/N-ethyl adjacent to an activating group) is 1. The van der Waals surface area contributed by atoms with Crippen molar-refractivity contribution in [3.8, 4) is 0 Å². The number of nitrogens with zero attached hydrogens (tertiary/aromatic N) is 4. The quantitative estimate of drug-likeness (QED) is 0.801. The minimum Gasteiger partial charge on any atom is -0.399 e. The van der Waals surface area contributed by atoms with E-state index < -0.39 is 0 Å². The Hall–Kier alpha value is -1.88. The van der Waals surface area contributed by atoms with E-state index >= 15 is 0 Å². The molecule has 1 aromatic heterocycles. The Morgan fingerprint density at radius 1 is 1.20 bits per heavy atom. The molecule has 2 heterocycles. The predicted octanol–water partition coefficient (Wildman–Crippen LogP) is 1.74. The molecule has 0 radical (unpaired) electrons. The SMILES string of the molecule is CN1CCN(c2ncnc3ccc(N)cc23)CC1(C)C. The van der Waals surface area contributed by atoms with Crippen LogP contribution in [0.4, 0.5) is 11.5 Å². The van der Waals surface area contributed by atoms with Crippen LogP contribution in [0.15, 0.2) is 24.5 Å². The highest BCUT2D eigenvalue weighted by Gasteiger charge is 2.32. The van der Waals surface area contributed by atoms with E-state index in [0.29, 0.717) is 0 Å². The average Bonchev–Trinajstić information content (AvgIpc) is 2.41. The molecular weight excluding hydrogens is 250 g/mol. The van der Waals surface area contributed by atoms with Crippen molar-refractivity contribution in [1.82, 2.24) is 14.9 Å². The van der Waals surface area contributed by atoms with E-state index in [1.165, 1.54) is 0 Å². The molecule has 2 N–H and O–H groups in total. The molecule has 0 unspecified atom stereocenters. The van der Waals surface area contributed by atoms with Gasteiger partial charge in [-0.3, -0.25) is 4.90 Å². The van der Waals surface area contributed by atoms with Crippen molar-refractivity contribution in [3.05, 3.63) is 24.5 Å². The lowest BCUT2D eigenvalue weighted by molar-refractivity contribution is 0.138. The Morgan fingerprint density at radius 2 is 2.00 bits per heavy atom. The van der Waals surface area contributed by atoms with Gasteiger partial charge >= 0.3 is 0 Å². The molecule has 0 aliphatic carbocycles. The average molecular weight is 271 g/mol. The van der Waals surface area contributed by atoms with Gasteiger partial charge in [-0.05, 0) is 39.1 Å². The smallest absolute Gasteiger partial charge is 0.140 e. The molecule has 1 aliphatic heterocycles. The van der Waals surface area contributed by atoms with Crippen molar-refractivity contribution >= 4 is 22.4 Å². The summed E-state index contributed by atoms with van der Waals surface area (Å²) in [6, 6.07) is 5.81. The van der Waals surface area contributed by atoms with Crippen molar-refractivity contribution in [2.24, 2.45) is 0 Å². The second kappa shape index (κ2) is 4.59. The maximum Gasteiger partial charge on any atom is 0.140 e. The highest BCUT2D eigenvalue weighted by molar-refractivity contribution is 5.91. The Morgan fingerprint density at radius 3 is 2.75 bits per heavy atom. The molecule has 0 bridgehead atoms. The Bertz CT molecular complexity index is 637. The van der Waals surface area contributed by atoms with Gasteiger partial charge in [0.05, 0.1) is 5.52 Å². The first-order chi connectivity index (χ1) is 9.47. The number of fused-ring (bicyclic) bond motifs is 1. The summed E-state index contributed by atoms with van der Waals surface area (Å²) < 4.78 is 0. The first-order valence-electron chi connectivity index (χ1n) is 6.94. The third-order valence-corrected chi connectivity index (χ3v) is 4.25. The number of aromatic nitrogens is 2. The zero-order valence-electron chi connectivity index (χ0n) is 12.3. The van der Waals surface area contributed by atoms with E-state index in [1.54, 1.807) is 6.33 Å². The Balaban J connectivity index is 2.04. The van der Waals surface area contributed by atoms with Crippen LogP contribution in [0, 0.1) is 0 Å². The van der Waals surface area contributed by atoms with Gasteiger partial charge in [-0.15, -0.1) is 0 Å². The zero-order valence-corrected chi connectivity index (χ0v) is 12.3. The van der Waals surface area contributed by atoms with Crippen LogP contribution in [0.5, 0.6) is 0 Å². The predicted molar refractivity (Wildman–Crippen MR) is 82.9 cm³/mol. The van der Waals surface area contributed by atoms with E-state index in [4.69, 9.17) is 5.73 Å². The van der Waals surface area contributed by atoms with Gasteiger partial charge in [0.1, 0.15) is 12.1 Å². The van der Waals surface area contributed by atoms with Crippen LogP contribution < -0.4 is 10.6 Å². The normalized spacial score (nSPS) is 19.4. The number of rotatable bonds is 1. The second-order valence-electron chi connectivity index (χ2n) is 6.13. The van der Waals surface area contributed by atoms with Crippen molar-refractivity contribution in [2.75, 3.05) is 37.3 Å². The monoisotopic (exact) mass is 271 g/mol. The molecule has 106 valence electrons. The summed E-state index contributed by atoms with van der Waals surface area (Å²) in [7, 11) is 2.17. The van der Waals surface area contributed by atoms with Gasteiger partial charge in [0, 0.05) is 36.2 Å². The minimum atomic E-state index is 0.135. The van der Waals surface area contributed by atoms with Crippen LogP contribution in [0.2, 0.25) is 0 Å². The zero-order chi connectivity index (χ0) is 14.3. The number of nitrogens with two attached hydrogens (primary N) is 1. The lowest BCUT2D eigenvalue weighted by Crippen LogP contribution is -2.57. The number of benzene rings is 1. The second-order valence-corrected chi connectivity index (χ2v) is 6.13. The standard InChI is InChI=1S/C15H21N5/c1-15(2)9-20(7-6-19(15)3)14-12-8-11(16)4-5-13(12)17-10-18-14/h4-5,8,10H,6-7,9,16H2,1-3H3. The van der Waals surface area contributed by atoms with E-state index in [-0.39, 0.29) is 5.54 Å². The minimum absolute atomic E-state index is 0.135. The number of hydrogen-bond acceptors (Lipinski definition) is 5. The van der Waals surface area contributed by atoms with Crippen LogP contribution in [0.1, 0.15) is 13.8 Å². The molecule has 0 amide bonds. The first-order valence-corrected chi connectivity index (χ1v) is 6.94. The highest BCUT2D eigenvalue weighted by Crippen LogP contribution is 2.29. The summed E-state index contributed by atoms with van der Waals surface area (Å²) in [5.41, 5.74) is 7.75. The summed E-state index contributed by atoms with van der Waals surface area (Å²) in [5.74, 6) is 0.989. The molecule has 3 rings (SSSR count). The molecule has 0 saturated carbocycles. The number of piperazine rings is 1. The van der Waals surface area contributed by atoms with Crippen LogP contribution in [0.3, 0.4) is 0 Å². The summed E-state index contributed by atoms with van der Waals surface area (Å²) >= 11 is 0. The largest absolute Gasteiger partial charge is 0.399 e. The molecule has 5 heteroatoms. The fourth-order valence-electron chi connectivity index (χ4n) is 2.73. The molecular formula is C15H21N5. The Labute approximate surface area is 119 Å². The highest BCUT2D eigenvalue weighted by atomic mass is 15.3. The molecule has 1 saturated heterocycles. The molecule has 1 fully saturated rings. The number of nitrogen functional groups attached to an aromatic ring is 1. The van der Waals surface area contributed by atoms with Gasteiger partial charge in [-0.2, -0.15) is 0 Å². The molecule has 20 heavy (non-hydrogen) atoms. The van der Waals surface area contributed by atoms with Gasteiger partial charge in [0.15, 0.2) is 0 Å².